The van der Waals surface area contributed by atoms with Crippen molar-refractivity contribution in [3.05, 3.63) is 343 Å². The summed E-state index contributed by atoms with van der Waals surface area (Å²) in [4.78, 5) is 0. The van der Waals surface area contributed by atoms with Gasteiger partial charge < -0.3 is 26.9 Å². The molecule has 8 aromatic heterocycles. The molecule has 1 fully saturated rings. The first-order valence-electron chi connectivity index (χ1n) is 38.1. The SMILES string of the molecule is CC1(C)OB(c2ccc3c(c2)c2cc(-c4ccccc4)cc4c5cc(-c6ccccc6)ccc5n3c24)OC1(C)C.Ic1ccc2c(c1)c1cccc3c4ccccc4n2c31.c1ccc(-c2ccc3c(c2)c2cc(-c4ccccc4)cc4c5cc(-c6ccc7c(c6)c6cccc8c9ccccc9n7c86)ccc5n3c24)cc1. The third-order valence-electron chi connectivity index (χ3n) is 24.5. The molecule has 1 saturated heterocycles. The second-order valence-corrected chi connectivity index (χ2v) is 32.3. The Balaban J connectivity index is 0.000000108. The Labute approximate surface area is 647 Å². The zero-order chi connectivity index (χ0) is 73.0. The van der Waals surface area contributed by atoms with Crippen LogP contribution in [0, 0.1) is 3.57 Å². The van der Waals surface area contributed by atoms with E-state index in [0.29, 0.717) is 0 Å². The molecule has 0 saturated carbocycles. The van der Waals surface area contributed by atoms with Crippen LogP contribution in [0.15, 0.2) is 340 Å². The van der Waals surface area contributed by atoms with Crippen LogP contribution in [0.2, 0.25) is 0 Å². The molecule has 0 spiro atoms. The highest BCUT2D eigenvalue weighted by Gasteiger charge is 2.52. The van der Waals surface area contributed by atoms with E-state index in [2.05, 4.69) is 408 Å². The fourth-order valence-corrected chi connectivity index (χ4v) is 19.1. The topological polar surface area (TPSA) is 36.1 Å². The highest BCUT2D eigenvalue weighted by atomic mass is 127. The molecule has 9 heterocycles. The van der Waals surface area contributed by atoms with Gasteiger partial charge in [0.05, 0.1) is 77.4 Å². The highest BCUT2D eigenvalue weighted by molar-refractivity contribution is 14.1. The van der Waals surface area contributed by atoms with E-state index in [1.165, 1.54) is 212 Å². The van der Waals surface area contributed by atoms with Gasteiger partial charge in [-0.3, -0.25) is 0 Å². The number of nitrogens with zero attached hydrogens (tertiary/aromatic N) is 4. The summed E-state index contributed by atoms with van der Waals surface area (Å²) in [6.45, 7) is 8.42. The minimum atomic E-state index is -0.395. The average molecular weight is 1520 g/mol. The van der Waals surface area contributed by atoms with Crippen molar-refractivity contribution in [2.24, 2.45) is 0 Å². The molecular formula is C102H68BIN4O2. The Morgan fingerprint density at radius 1 is 0.209 bits per heavy atom. The summed E-state index contributed by atoms with van der Waals surface area (Å²) < 4.78 is 23.9. The van der Waals surface area contributed by atoms with Gasteiger partial charge in [0, 0.05) is 89.7 Å². The number of hydrogen-bond donors (Lipinski definition) is 0. The Morgan fingerprint density at radius 2 is 0.464 bits per heavy atom. The lowest BCUT2D eigenvalue weighted by atomic mass is 9.78. The van der Waals surface area contributed by atoms with E-state index >= 15 is 0 Å². The molecule has 16 aromatic carbocycles. The van der Waals surface area contributed by atoms with E-state index in [1.807, 2.05) is 0 Å². The predicted molar refractivity (Wildman–Crippen MR) is 474 cm³/mol. The van der Waals surface area contributed by atoms with Crippen molar-refractivity contribution in [2.75, 3.05) is 0 Å². The number of halogens is 1. The van der Waals surface area contributed by atoms with Crippen LogP contribution in [0.5, 0.6) is 0 Å². The Bertz CT molecular complexity index is 7830. The zero-order valence-corrected chi connectivity index (χ0v) is 63.0. The molecule has 0 aliphatic carbocycles. The number of aromatic nitrogens is 4. The van der Waals surface area contributed by atoms with Crippen LogP contribution in [0.25, 0.3) is 208 Å². The zero-order valence-electron chi connectivity index (χ0n) is 60.9. The Morgan fingerprint density at radius 3 is 0.845 bits per heavy atom. The summed E-state index contributed by atoms with van der Waals surface area (Å²) in [6, 6.07) is 125. The van der Waals surface area contributed by atoms with Gasteiger partial charge in [-0.05, 0) is 221 Å². The number of para-hydroxylation sites is 4. The first-order chi connectivity index (χ1) is 53.9. The molecule has 1 aliphatic heterocycles. The fourth-order valence-electron chi connectivity index (χ4n) is 18.7. The number of fused-ring (bicyclic) bond motifs is 24. The average Bonchev–Trinajstić information content (AvgIpc) is 1.55. The summed E-state index contributed by atoms with van der Waals surface area (Å²) in [5.41, 5.74) is 27.9. The molecule has 6 nitrogen and oxygen atoms in total. The van der Waals surface area contributed by atoms with E-state index in [4.69, 9.17) is 9.31 Å². The lowest BCUT2D eigenvalue weighted by Crippen LogP contribution is -2.41. The normalized spacial score (nSPS) is 13.9. The quantitative estimate of drug-likeness (QED) is 0.123. The summed E-state index contributed by atoms with van der Waals surface area (Å²) in [5, 5.41) is 20.8. The molecule has 0 amide bonds. The first kappa shape index (κ1) is 63.5. The molecule has 0 atom stereocenters. The maximum Gasteiger partial charge on any atom is 0.494 e. The predicted octanol–water partition coefficient (Wildman–Crippen LogP) is 26.9. The van der Waals surface area contributed by atoms with Crippen molar-refractivity contribution in [3.63, 3.8) is 0 Å². The summed E-state index contributed by atoms with van der Waals surface area (Å²) >= 11 is 2.39. The van der Waals surface area contributed by atoms with E-state index in [0.717, 1.165) is 5.46 Å². The van der Waals surface area contributed by atoms with Gasteiger partial charge >= 0.3 is 7.12 Å². The van der Waals surface area contributed by atoms with Gasteiger partial charge in [0.1, 0.15) is 0 Å². The van der Waals surface area contributed by atoms with Crippen LogP contribution in [0.4, 0.5) is 0 Å². The maximum absolute atomic E-state index is 6.43. The van der Waals surface area contributed by atoms with Crippen LogP contribution in [-0.2, 0) is 9.31 Å². The number of rotatable bonds is 6. The lowest BCUT2D eigenvalue weighted by molar-refractivity contribution is 0.00578. The first-order valence-corrected chi connectivity index (χ1v) is 39.1. The minimum Gasteiger partial charge on any atom is -0.399 e. The number of hydrogen-bond acceptors (Lipinski definition) is 2. The van der Waals surface area contributed by atoms with Gasteiger partial charge in [-0.1, -0.05) is 231 Å². The molecule has 0 bridgehead atoms. The van der Waals surface area contributed by atoms with Crippen molar-refractivity contribution in [1.29, 1.82) is 0 Å². The molecule has 25 rings (SSSR count). The van der Waals surface area contributed by atoms with Crippen molar-refractivity contribution < 1.29 is 9.31 Å². The summed E-state index contributed by atoms with van der Waals surface area (Å²) in [6.07, 6.45) is 0. The third kappa shape index (κ3) is 9.30. The van der Waals surface area contributed by atoms with Crippen molar-refractivity contribution in [2.45, 2.75) is 38.9 Å². The second kappa shape index (κ2) is 23.7. The van der Waals surface area contributed by atoms with Gasteiger partial charge in [-0.25, -0.2) is 0 Å². The van der Waals surface area contributed by atoms with E-state index in [-0.39, 0.29) is 11.2 Å². The van der Waals surface area contributed by atoms with E-state index < -0.39 is 7.12 Å². The Hall–Kier alpha value is -12.6. The fraction of sp³-hybridized carbons (Fsp3) is 0.0588. The highest BCUT2D eigenvalue weighted by Crippen LogP contribution is 2.48. The van der Waals surface area contributed by atoms with Crippen molar-refractivity contribution in [3.8, 4) is 55.6 Å². The number of benzene rings is 16. The molecule has 8 heteroatoms. The van der Waals surface area contributed by atoms with Gasteiger partial charge in [0.25, 0.3) is 0 Å². The smallest absolute Gasteiger partial charge is 0.399 e. The van der Waals surface area contributed by atoms with Crippen LogP contribution in [0.3, 0.4) is 0 Å². The molecular weight excluding hydrogens is 1450 g/mol. The Kier molecular flexibility index (Phi) is 13.7. The molecule has 24 aromatic rings. The van der Waals surface area contributed by atoms with Gasteiger partial charge in [-0.15, -0.1) is 0 Å². The van der Waals surface area contributed by atoms with Gasteiger partial charge in [0.2, 0.25) is 0 Å². The van der Waals surface area contributed by atoms with Crippen LogP contribution in [-0.4, -0.2) is 35.9 Å². The monoisotopic (exact) mass is 1520 g/mol. The van der Waals surface area contributed by atoms with Crippen LogP contribution in [0.1, 0.15) is 27.7 Å². The molecule has 0 N–H and O–H groups in total. The van der Waals surface area contributed by atoms with Gasteiger partial charge in [-0.2, -0.15) is 0 Å². The van der Waals surface area contributed by atoms with Crippen LogP contribution < -0.4 is 5.46 Å². The largest absolute Gasteiger partial charge is 0.494 e. The third-order valence-corrected chi connectivity index (χ3v) is 25.2. The van der Waals surface area contributed by atoms with Gasteiger partial charge in [0.15, 0.2) is 0 Å². The molecule has 518 valence electrons. The summed E-state index contributed by atoms with van der Waals surface area (Å²) in [7, 11) is -0.395. The molecule has 0 radical (unpaired) electrons. The van der Waals surface area contributed by atoms with Crippen LogP contribution >= 0.6 is 22.6 Å². The van der Waals surface area contributed by atoms with Crippen molar-refractivity contribution >= 4 is 188 Å². The minimum absolute atomic E-state index is 0.380. The molecule has 1 aliphatic rings. The standard InChI is InChI=1S/C48H28N2.C36H30BNO2.C18H10IN/c1-3-10-29(11-4-1)31-18-21-45-39(24-31)41-27-34(30-12-5-2-6-13-30)28-42-40-26-33(20-23-46(40)50(45)48(41)42)32-19-22-44-38(25-32)37-16-9-15-36-35-14-7-8-17-43(35)49(44)47(36)37;1-35(2)36(3,4)40-37(39-35)27-16-18-33-29(22-27)31-21-26(24-13-9-6-10-14-24)20-30-28-19-25(23-11-7-5-8-12-23)15-17-32(28)38(33)34(30)31;19-11-8-9-17-15(10-11)14-6-3-5-13-12-4-1-2-7-16(12)20(17)18(13)14/h1-28H;5-22H,1-4H3;1-10H. The molecule has 0 unspecified atom stereocenters. The second-order valence-electron chi connectivity index (χ2n) is 31.0. The molecule has 110 heavy (non-hydrogen) atoms. The van der Waals surface area contributed by atoms with E-state index in [9.17, 15) is 0 Å². The van der Waals surface area contributed by atoms with E-state index in [1.54, 1.807) is 0 Å². The lowest BCUT2D eigenvalue weighted by Gasteiger charge is -2.32. The maximum atomic E-state index is 6.43. The van der Waals surface area contributed by atoms with Crippen molar-refractivity contribution in [1.82, 2.24) is 17.6 Å². The summed E-state index contributed by atoms with van der Waals surface area (Å²) in [5.74, 6) is 0.